The van der Waals surface area contributed by atoms with Gasteiger partial charge in [0.25, 0.3) is 0 Å². The number of halogens is 1. The van der Waals surface area contributed by atoms with Crippen LogP contribution < -0.4 is 14.5 Å². The molecule has 0 spiro atoms. The first kappa shape index (κ1) is 34.8. The van der Waals surface area contributed by atoms with Crippen molar-refractivity contribution < 1.29 is 13.9 Å². The van der Waals surface area contributed by atoms with Crippen molar-refractivity contribution in [1.82, 2.24) is 19.8 Å². The number of likely N-dealkylation sites (tertiary alicyclic amines) is 1. The van der Waals surface area contributed by atoms with Gasteiger partial charge in [0.2, 0.25) is 5.91 Å². The maximum Gasteiger partial charge on any atom is 0.318 e. The number of aromatic nitrogens is 2. The van der Waals surface area contributed by atoms with Gasteiger partial charge in [-0.05, 0) is 82.8 Å². The van der Waals surface area contributed by atoms with E-state index in [4.69, 9.17) is 20.0 Å². The third-order valence-electron chi connectivity index (χ3n) is 8.21. The molecule has 2 saturated heterocycles. The third-order valence-corrected chi connectivity index (χ3v) is 8.21. The molecule has 10 heteroatoms. The molecule has 5 rings (SSSR count). The lowest BCUT2D eigenvalue weighted by atomic mass is 9.88. The number of amides is 1. The highest BCUT2D eigenvalue weighted by Gasteiger charge is 2.29. The van der Waals surface area contributed by atoms with Crippen LogP contribution in [0.15, 0.2) is 30.9 Å². The second-order valence-electron chi connectivity index (χ2n) is 11.5. The molecule has 4 heterocycles. The largest absolute Gasteiger partial charge is 0.464 e. The number of hydrogen-bond acceptors (Lipinski definition) is 8. The minimum Gasteiger partial charge on any atom is -0.464 e. The zero-order valence-corrected chi connectivity index (χ0v) is 27.3. The summed E-state index contributed by atoms with van der Waals surface area (Å²) in [5, 5.41) is 7.62. The summed E-state index contributed by atoms with van der Waals surface area (Å²) >= 11 is 0. The number of rotatable bonds is 7. The van der Waals surface area contributed by atoms with Crippen molar-refractivity contribution in [2.45, 2.75) is 59.3 Å². The van der Waals surface area contributed by atoms with Crippen molar-refractivity contribution >= 4 is 17.4 Å². The van der Waals surface area contributed by atoms with E-state index in [0.717, 1.165) is 48.4 Å². The Morgan fingerprint density at radius 2 is 1.80 bits per heavy atom. The van der Waals surface area contributed by atoms with Crippen LogP contribution in [-0.4, -0.2) is 92.2 Å². The number of nitrogens with zero attached hydrogens (tertiary/aromatic N) is 7. The molecule has 3 aliphatic heterocycles. The minimum absolute atomic E-state index is 0.0353. The van der Waals surface area contributed by atoms with E-state index in [-0.39, 0.29) is 11.7 Å². The number of hydrogen-bond donors (Lipinski definition) is 0. The van der Waals surface area contributed by atoms with Crippen molar-refractivity contribution in [2.75, 3.05) is 76.3 Å². The van der Waals surface area contributed by atoms with E-state index >= 15 is 0 Å². The lowest BCUT2D eigenvalue weighted by Gasteiger charge is -2.36. The highest BCUT2D eigenvalue weighted by molar-refractivity contribution is 5.87. The number of carbonyl (C=O) groups excluding carboxylic acids is 1. The number of para-hydroxylation sites is 1. The number of piperazine rings is 1. The lowest BCUT2D eigenvalue weighted by molar-refractivity contribution is -0.126. The number of fused-ring (bicyclic) bond motifs is 1. The Morgan fingerprint density at radius 3 is 2.34 bits per heavy atom. The maximum absolute atomic E-state index is 14.4. The molecule has 0 radical (unpaired) electrons. The first-order chi connectivity index (χ1) is 21.3. The summed E-state index contributed by atoms with van der Waals surface area (Å²) in [7, 11) is 4.13. The van der Waals surface area contributed by atoms with E-state index in [1.165, 1.54) is 38.1 Å². The topological polar surface area (TPSA) is 88.8 Å². The Balaban J connectivity index is 0.000000452. The van der Waals surface area contributed by atoms with Gasteiger partial charge >= 0.3 is 6.01 Å². The standard InChI is InChI=1S/C26H34FN5O2.C5H11N.C3H5N/c1-5-20-22(16-18-15-19-9-8-10-21(27)24(19)30(4)17-18)28-26(34-7-3)29-25(20)32-13-11-31(12-14-32)23(33)6-2;1-6-4-2-3-5-6;1-2-3-4/h6,8-10,18H,2,5,7,11-17H2,1,3-4H3;2-5H2,1H3;2H2,1H3/t18-;;/m0../s1. The smallest absolute Gasteiger partial charge is 0.318 e. The number of nitriles is 1. The van der Waals surface area contributed by atoms with Gasteiger partial charge in [0.1, 0.15) is 11.6 Å². The Hall–Kier alpha value is -3.71. The summed E-state index contributed by atoms with van der Waals surface area (Å²) in [6, 6.07) is 7.65. The van der Waals surface area contributed by atoms with Crippen LogP contribution in [0.1, 0.15) is 56.9 Å². The zero-order valence-electron chi connectivity index (χ0n) is 27.3. The third kappa shape index (κ3) is 9.39. The van der Waals surface area contributed by atoms with Crippen LogP contribution in [0, 0.1) is 23.1 Å². The predicted octanol–water partition coefficient (Wildman–Crippen LogP) is 4.89. The van der Waals surface area contributed by atoms with Crippen molar-refractivity contribution in [2.24, 2.45) is 5.92 Å². The molecule has 0 unspecified atom stereocenters. The Morgan fingerprint density at radius 1 is 1.11 bits per heavy atom. The highest BCUT2D eigenvalue weighted by Crippen LogP contribution is 2.34. The summed E-state index contributed by atoms with van der Waals surface area (Å²) in [5.41, 5.74) is 3.87. The molecule has 2 fully saturated rings. The first-order valence-corrected chi connectivity index (χ1v) is 16.0. The quantitative estimate of drug-likeness (QED) is 0.411. The molecule has 0 bridgehead atoms. The van der Waals surface area contributed by atoms with Gasteiger partial charge in [0, 0.05) is 51.8 Å². The van der Waals surface area contributed by atoms with E-state index < -0.39 is 0 Å². The van der Waals surface area contributed by atoms with E-state index in [1.807, 2.05) is 42.8 Å². The van der Waals surface area contributed by atoms with Crippen LogP contribution >= 0.6 is 0 Å². The normalized spacial score (nSPS) is 17.8. The molecule has 0 saturated carbocycles. The van der Waals surface area contributed by atoms with Gasteiger partial charge in [-0.15, -0.1) is 0 Å². The van der Waals surface area contributed by atoms with Crippen molar-refractivity contribution in [3.05, 3.63) is 53.5 Å². The highest BCUT2D eigenvalue weighted by atomic mass is 19.1. The Labute approximate surface area is 263 Å². The second-order valence-corrected chi connectivity index (χ2v) is 11.5. The van der Waals surface area contributed by atoms with E-state index in [2.05, 4.69) is 30.4 Å². The number of anilines is 2. The molecular formula is C34H50FN7O2. The van der Waals surface area contributed by atoms with Gasteiger partial charge in [-0.25, -0.2) is 4.39 Å². The average Bonchev–Trinajstić information content (AvgIpc) is 3.52. The average molecular weight is 608 g/mol. The van der Waals surface area contributed by atoms with Crippen LogP contribution in [0.4, 0.5) is 15.9 Å². The summed E-state index contributed by atoms with van der Waals surface area (Å²) in [6.45, 7) is 16.0. The van der Waals surface area contributed by atoms with E-state index in [0.29, 0.717) is 56.8 Å². The van der Waals surface area contributed by atoms with Gasteiger partial charge in [0.15, 0.2) is 0 Å². The summed E-state index contributed by atoms with van der Waals surface area (Å²) in [6.07, 6.45) is 7.21. The molecule has 44 heavy (non-hydrogen) atoms. The fourth-order valence-corrected chi connectivity index (χ4v) is 6.04. The molecule has 240 valence electrons. The van der Waals surface area contributed by atoms with Crippen LogP contribution in [0.25, 0.3) is 0 Å². The van der Waals surface area contributed by atoms with Crippen molar-refractivity contribution in [3.8, 4) is 12.1 Å². The Kier molecular flexibility index (Phi) is 13.9. The summed E-state index contributed by atoms with van der Waals surface area (Å²) in [5.74, 6) is 1.01. The lowest BCUT2D eigenvalue weighted by Crippen LogP contribution is -2.49. The van der Waals surface area contributed by atoms with Crippen LogP contribution in [0.3, 0.4) is 0 Å². The van der Waals surface area contributed by atoms with Gasteiger partial charge in [-0.2, -0.15) is 15.2 Å². The maximum atomic E-state index is 14.4. The predicted molar refractivity (Wildman–Crippen MR) is 175 cm³/mol. The van der Waals surface area contributed by atoms with Gasteiger partial charge in [-0.3, -0.25) is 4.79 Å². The first-order valence-electron chi connectivity index (χ1n) is 16.0. The van der Waals surface area contributed by atoms with Crippen molar-refractivity contribution in [3.63, 3.8) is 0 Å². The molecule has 2 aromatic rings. The number of benzene rings is 1. The molecule has 1 aromatic heterocycles. The fraction of sp³-hybridized carbons (Fsp3) is 0.588. The molecule has 9 nitrogen and oxygen atoms in total. The molecule has 3 aliphatic rings. The minimum atomic E-state index is -0.162. The molecule has 0 N–H and O–H groups in total. The van der Waals surface area contributed by atoms with Gasteiger partial charge in [0.05, 0.1) is 24.1 Å². The molecule has 1 amide bonds. The van der Waals surface area contributed by atoms with Crippen molar-refractivity contribution in [1.29, 1.82) is 5.26 Å². The second kappa shape index (κ2) is 17.6. The number of ether oxygens (including phenoxy) is 1. The van der Waals surface area contributed by atoms with Crippen LogP contribution in [0.2, 0.25) is 0 Å². The van der Waals surface area contributed by atoms with Gasteiger partial charge < -0.3 is 24.3 Å². The molecule has 1 aromatic carbocycles. The van der Waals surface area contributed by atoms with E-state index in [1.54, 1.807) is 6.07 Å². The van der Waals surface area contributed by atoms with Crippen LogP contribution in [0.5, 0.6) is 6.01 Å². The summed E-state index contributed by atoms with van der Waals surface area (Å²) in [4.78, 5) is 30.0. The molecule has 1 atom stereocenters. The SMILES string of the molecule is C=CC(=O)N1CCN(c2nc(OCC)nc(C[C@@H]3Cc4cccc(F)c4N(C)C3)c2CC)CC1.CCC#N.CN1CCCC1. The van der Waals surface area contributed by atoms with E-state index in [9.17, 15) is 9.18 Å². The zero-order chi connectivity index (χ0) is 32.1. The summed E-state index contributed by atoms with van der Waals surface area (Å²) < 4.78 is 20.1. The molecular weight excluding hydrogens is 557 g/mol. The fourth-order valence-electron chi connectivity index (χ4n) is 6.04. The van der Waals surface area contributed by atoms with Gasteiger partial charge in [-0.1, -0.05) is 32.6 Å². The monoisotopic (exact) mass is 607 g/mol. The number of carbonyl (C=O) groups is 1. The Bertz CT molecular complexity index is 1270. The molecule has 0 aliphatic carbocycles. The van der Waals surface area contributed by atoms with Crippen LogP contribution in [-0.2, 0) is 24.1 Å².